The number of aliphatic hydroxyl groups is 1. The number of rotatable bonds is 5. The first-order chi connectivity index (χ1) is 9.06. The summed E-state index contributed by atoms with van der Waals surface area (Å²) < 4.78 is 7.11. The largest absolute Gasteiger partial charge is 0.481 e. The van der Waals surface area contributed by atoms with Crippen LogP contribution in [0.1, 0.15) is 43.4 Å². The highest BCUT2D eigenvalue weighted by Gasteiger charge is 2.28. The summed E-state index contributed by atoms with van der Waals surface area (Å²) >= 11 is 0. The van der Waals surface area contributed by atoms with Crippen molar-refractivity contribution >= 4 is 0 Å². The fourth-order valence-corrected chi connectivity index (χ4v) is 2.95. The van der Waals surface area contributed by atoms with Gasteiger partial charge < -0.3 is 15.2 Å². The fraction of sp³-hybridized carbons (Fsp3) is 0.786. The Morgan fingerprint density at radius 3 is 2.68 bits per heavy atom. The summed E-state index contributed by atoms with van der Waals surface area (Å²) in [4.78, 5) is 0. The van der Waals surface area contributed by atoms with E-state index in [2.05, 4.69) is 10.4 Å². The van der Waals surface area contributed by atoms with Crippen LogP contribution in [0.3, 0.4) is 0 Å². The number of aryl methyl sites for hydroxylation is 2. The van der Waals surface area contributed by atoms with Gasteiger partial charge in [0.1, 0.15) is 0 Å². The number of methoxy groups -OCH3 is 1. The van der Waals surface area contributed by atoms with Gasteiger partial charge in [0, 0.05) is 20.1 Å². The molecule has 0 saturated heterocycles. The number of ether oxygens (including phenoxy) is 1. The minimum atomic E-state index is -0.526. The Morgan fingerprint density at radius 2 is 2.05 bits per heavy atom. The van der Waals surface area contributed by atoms with Crippen LogP contribution < -0.4 is 10.1 Å². The van der Waals surface area contributed by atoms with Gasteiger partial charge in [-0.05, 0) is 19.8 Å². The lowest BCUT2D eigenvalue weighted by Gasteiger charge is -2.32. The second-order valence-electron chi connectivity index (χ2n) is 5.59. The smallest absolute Gasteiger partial charge is 0.216 e. The van der Waals surface area contributed by atoms with Crippen LogP contribution in [0.4, 0.5) is 0 Å². The molecule has 0 amide bonds. The van der Waals surface area contributed by atoms with Gasteiger partial charge in [-0.2, -0.15) is 5.10 Å². The van der Waals surface area contributed by atoms with Crippen molar-refractivity contribution in [2.75, 3.05) is 13.7 Å². The first-order valence-electron chi connectivity index (χ1n) is 7.05. The Bertz CT molecular complexity index is 423. The van der Waals surface area contributed by atoms with Gasteiger partial charge in [0.25, 0.3) is 0 Å². The van der Waals surface area contributed by atoms with Crippen molar-refractivity contribution < 1.29 is 9.84 Å². The molecule has 0 atom stereocenters. The molecule has 0 unspecified atom stereocenters. The molecule has 5 heteroatoms. The summed E-state index contributed by atoms with van der Waals surface area (Å²) in [6, 6.07) is 0. The van der Waals surface area contributed by atoms with Crippen LogP contribution >= 0.6 is 0 Å². The molecular formula is C14H25N3O2. The van der Waals surface area contributed by atoms with E-state index in [1.165, 1.54) is 6.42 Å². The minimum absolute atomic E-state index is 0.526. The average Bonchev–Trinajstić information content (AvgIpc) is 2.64. The third kappa shape index (κ3) is 3.28. The summed E-state index contributed by atoms with van der Waals surface area (Å²) in [6.45, 7) is 3.31. The lowest BCUT2D eigenvalue weighted by molar-refractivity contribution is 0.00462. The summed E-state index contributed by atoms with van der Waals surface area (Å²) in [5.74, 6) is 0.792. The third-order valence-corrected chi connectivity index (χ3v) is 4.02. The highest BCUT2D eigenvalue weighted by atomic mass is 16.5. The van der Waals surface area contributed by atoms with Crippen LogP contribution in [0.15, 0.2) is 0 Å². The summed E-state index contributed by atoms with van der Waals surface area (Å²) in [7, 11) is 3.54. The molecule has 0 spiro atoms. The van der Waals surface area contributed by atoms with Gasteiger partial charge in [0.2, 0.25) is 5.88 Å². The second-order valence-corrected chi connectivity index (χ2v) is 5.59. The van der Waals surface area contributed by atoms with Crippen LogP contribution in [-0.2, 0) is 13.6 Å². The number of aromatic nitrogens is 2. The topological polar surface area (TPSA) is 59.3 Å². The lowest BCUT2D eigenvalue weighted by atomic mass is 9.85. The molecule has 2 rings (SSSR count). The van der Waals surface area contributed by atoms with E-state index in [1.807, 2.05) is 14.0 Å². The van der Waals surface area contributed by atoms with E-state index >= 15 is 0 Å². The number of nitrogens with one attached hydrogen (secondary N) is 1. The summed E-state index contributed by atoms with van der Waals surface area (Å²) in [5, 5.41) is 18.1. The molecule has 0 bridgehead atoms. The Hall–Kier alpha value is -1.07. The Balaban J connectivity index is 1.92. The predicted molar refractivity (Wildman–Crippen MR) is 74.2 cm³/mol. The van der Waals surface area contributed by atoms with E-state index in [9.17, 15) is 5.11 Å². The van der Waals surface area contributed by atoms with Crippen LogP contribution in [0.25, 0.3) is 0 Å². The molecule has 5 nitrogen and oxygen atoms in total. The maximum Gasteiger partial charge on any atom is 0.216 e. The molecule has 0 radical (unpaired) electrons. The van der Waals surface area contributed by atoms with E-state index in [0.29, 0.717) is 13.1 Å². The van der Waals surface area contributed by atoms with Crippen LogP contribution in [-0.4, -0.2) is 34.1 Å². The van der Waals surface area contributed by atoms with E-state index in [1.54, 1.807) is 11.8 Å². The van der Waals surface area contributed by atoms with Crippen molar-refractivity contribution in [1.82, 2.24) is 15.1 Å². The fourth-order valence-electron chi connectivity index (χ4n) is 2.95. The van der Waals surface area contributed by atoms with Crippen LogP contribution in [0, 0.1) is 6.92 Å². The lowest BCUT2D eigenvalue weighted by Crippen LogP contribution is -2.41. The molecule has 108 valence electrons. The highest BCUT2D eigenvalue weighted by molar-refractivity contribution is 5.30. The van der Waals surface area contributed by atoms with Gasteiger partial charge >= 0.3 is 0 Å². The van der Waals surface area contributed by atoms with E-state index in [-0.39, 0.29) is 0 Å². The molecule has 1 fully saturated rings. The quantitative estimate of drug-likeness (QED) is 0.849. The minimum Gasteiger partial charge on any atom is -0.481 e. The third-order valence-electron chi connectivity index (χ3n) is 4.02. The maximum absolute atomic E-state index is 10.4. The summed E-state index contributed by atoms with van der Waals surface area (Å²) in [5.41, 5.74) is 1.52. The van der Waals surface area contributed by atoms with E-state index in [0.717, 1.165) is 42.8 Å². The Morgan fingerprint density at radius 1 is 1.37 bits per heavy atom. The first-order valence-corrected chi connectivity index (χ1v) is 7.05. The monoisotopic (exact) mass is 267 g/mol. The van der Waals surface area contributed by atoms with Gasteiger partial charge in [0.05, 0.1) is 24.0 Å². The molecule has 1 aromatic rings. The SMILES string of the molecule is COc1c(CNCC2(O)CCCCC2)c(C)nn1C. The number of hydrogen-bond donors (Lipinski definition) is 2. The first kappa shape index (κ1) is 14.3. The van der Waals surface area contributed by atoms with Crippen molar-refractivity contribution in [3.05, 3.63) is 11.3 Å². The molecule has 19 heavy (non-hydrogen) atoms. The van der Waals surface area contributed by atoms with Gasteiger partial charge in [0.15, 0.2) is 0 Å². The molecule has 0 aromatic carbocycles. The average molecular weight is 267 g/mol. The van der Waals surface area contributed by atoms with E-state index in [4.69, 9.17) is 4.74 Å². The van der Waals surface area contributed by atoms with Gasteiger partial charge in [-0.3, -0.25) is 0 Å². The van der Waals surface area contributed by atoms with Crippen molar-refractivity contribution in [3.8, 4) is 5.88 Å². The van der Waals surface area contributed by atoms with Gasteiger partial charge in [-0.1, -0.05) is 19.3 Å². The zero-order chi connectivity index (χ0) is 13.9. The normalized spacial score (nSPS) is 18.5. The van der Waals surface area contributed by atoms with Crippen molar-refractivity contribution in [1.29, 1.82) is 0 Å². The van der Waals surface area contributed by atoms with Crippen molar-refractivity contribution in [2.45, 2.75) is 51.2 Å². The van der Waals surface area contributed by atoms with Crippen molar-refractivity contribution in [2.24, 2.45) is 7.05 Å². The Kier molecular flexibility index (Phi) is 4.47. The van der Waals surface area contributed by atoms with Gasteiger partial charge in [-0.25, -0.2) is 4.68 Å². The second kappa shape index (κ2) is 5.92. The standard InChI is InChI=1S/C14H25N3O2/c1-11-12(13(19-3)17(2)16-11)9-15-10-14(18)7-5-4-6-8-14/h15,18H,4-10H2,1-3H3. The predicted octanol–water partition coefficient (Wildman–Crippen LogP) is 1.52. The molecule has 1 aromatic heterocycles. The zero-order valence-corrected chi connectivity index (χ0v) is 12.2. The molecular weight excluding hydrogens is 242 g/mol. The molecule has 1 saturated carbocycles. The molecule has 1 aliphatic rings. The summed E-state index contributed by atoms with van der Waals surface area (Å²) in [6.07, 6.45) is 5.32. The highest BCUT2D eigenvalue weighted by Crippen LogP contribution is 2.27. The zero-order valence-electron chi connectivity index (χ0n) is 12.2. The number of hydrogen-bond acceptors (Lipinski definition) is 4. The van der Waals surface area contributed by atoms with Crippen molar-refractivity contribution in [3.63, 3.8) is 0 Å². The molecule has 0 aliphatic heterocycles. The Labute approximate surface area is 115 Å². The number of nitrogens with zero attached hydrogens (tertiary/aromatic N) is 2. The molecule has 1 heterocycles. The van der Waals surface area contributed by atoms with E-state index < -0.39 is 5.60 Å². The van der Waals surface area contributed by atoms with Gasteiger partial charge in [-0.15, -0.1) is 0 Å². The maximum atomic E-state index is 10.4. The molecule has 1 aliphatic carbocycles. The van der Waals surface area contributed by atoms with Crippen LogP contribution in [0.2, 0.25) is 0 Å². The molecule has 2 N–H and O–H groups in total. The van der Waals surface area contributed by atoms with Crippen LogP contribution in [0.5, 0.6) is 5.88 Å².